The topological polar surface area (TPSA) is 50.8 Å². The van der Waals surface area contributed by atoms with Gasteiger partial charge in [0, 0.05) is 19.6 Å². The van der Waals surface area contributed by atoms with Gasteiger partial charge in [0.1, 0.15) is 18.5 Å². The Morgan fingerprint density at radius 3 is 2.64 bits per heavy atom. The van der Waals surface area contributed by atoms with E-state index in [2.05, 4.69) is 10.2 Å². The lowest BCUT2D eigenvalue weighted by molar-refractivity contribution is -0.138. The fourth-order valence-corrected chi connectivity index (χ4v) is 2.78. The molecule has 132 valence electrons. The first-order valence-corrected chi connectivity index (χ1v) is 8.55. The second-order valence-electron chi connectivity index (χ2n) is 6.21. The molecule has 1 atom stereocenters. The molecule has 1 heterocycles. The minimum absolute atomic E-state index is 0.0645. The molecule has 1 fully saturated rings. The lowest BCUT2D eigenvalue weighted by Gasteiger charge is -2.29. The average Bonchev–Trinajstić information content (AvgIpc) is 2.66. The van der Waals surface area contributed by atoms with E-state index in [1.807, 2.05) is 61.6 Å². The van der Waals surface area contributed by atoms with Gasteiger partial charge in [0.2, 0.25) is 0 Å². The van der Waals surface area contributed by atoms with Crippen LogP contribution in [0.4, 0.5) is 0 Å². The van der Waals surface area contributed by atoms with Crippen LogP contribution < -0.4 is 10.1 Å². The Morgan fingerprint density at radius 2 is 1.88 bits per heavy atom. The van der Waals surface area contributed by atoms with Crippen molar-refractivity contribution in [3.8, 4) is 5.75 Å². The molecular weight excluding hydrogens is 316 g/mol. The summed E-state index contributed by atoms with van der Waals surface area (Å²) in [6.45, 7) is 3.03. The first-order chi connectivity index (χ1) is 12.2. The van der Waals surface area contributed by atoms with Crippen LogP contribution in [0, 0.1) is 0 Å². The van der Waals surface area contributed by atoms with Crippen molar-refractivity contribution in [2.45, 2.75) is 19.3 Å². The number of likely N-dealkylation sites (N-methyl/N-ethyl adjacent to an activating group) is 1. The summed E-state index contributed by atoms with van der Waals surface area (Å²) >= 11 is 0. The van der Waals surface area contributed by atoms with Crippen molar-refractivity contribution in [1.29, 1.82) is 0 Å². The molecular formula is C20H24N2O3. The monoisotopic (exact) mass is 340 g/mol. The quantitative estimate of drug-likeness (QED) is 0.876. The molecule has 1 saturated heterocycles. The summed E-state index contributed by atoms with van der Waals surface area (Å²) in [4.78, 5) is 14.4. The number of amides is 1. The van der Waals surface area contributed by atoms with Gasteiger partial charge in [0.25, 0.3) is 5.91 Å². The van der Waals surface area contributed by atoms with E-state index in [-0.39, 0.29) is 5.91 Å². The molecule has 0 bridgehead atoms. The van der Waals surface area contributed by atoms with Crippen molar-refractivity contribution < 1.29 is 14.3 Å². The molecule has 0 spiro atoms. The Bertz CT molecular complexity index is 690. The number of para-hydroxylation sites is 1. The van der Waals surface area contributed by atoms with E-state index in [9.17, 15) is 4.79 Å². The third-order valence-electron chi connectivity index (χ3n) is 4.27. The first-order valence-electron chi connectivity index (χ1n) is 8.55. The number of morpholine rings is 1. The predicted molar refractivity (Wildman–Crippen MR) is 96.3 cm³/mol. The van der Waals surface area contributed by atoms with Gasteiger partial charge in [-0.25, -0.2) is 0 Å². The Kier molecular flexibility index (Phi) is 6.04. The zero-order valence-electron chi connectivity index (χ0n) is 14.5. The molecule has 1 aliphatic heterocycles. The van der Waals surface area contributed by atoms with Crippen LogP contribution >= 0.6 is 0 Å². The molecule has 2 aromatic carbocycles. The molecule has 1 amide bonds. The molecule has 2 aromatic rings. The number of hydrogen-bond acceptors (Lipinski definition) is 4. The number of nitrogens with one attached hydrogen (secondary N) is 1. The molecule has 5 heteroatoms. The van der Waals surface area contributed by atoms with Crippen molar-refractivity contribution in [3.63, 3.8) is 0 Å². The van der Waals surface area contributed by atoms with Crippen LogP contribution in [0.25, 0.3) is 0 Å². The summed E-state index contributed by atoms with van der Waals surface area (Å²) in [6.07, 6.45) is -0.397. The predicted octanol–water partition coefficient (Wildman–Crippen LogP) is 2.21. The SMILES string of the molecule is CN1CCO[C@@H](C(=O)NCc2ccccc2COc2ccccc2)C1. The third kappa shape index (κ3) is 5.05. The second kappa shape index (κ2) is 8.65. The normalized spacial score (nSPS) is 17.9. The maximum Gasteiger partial charge on any atom is 0.250 e. The van der Waals surface area contributed by atoms with Gasteiger partial charge in [-0.05, 0) is 30.3 Å². The molecule has 0 saturated carbocycles. The molecule has 3 rings (SSSR count). The summed E-state index contributed by atoms with van der Waals surface area (Å²) in [5.41, 5.74) is 2.12. The minimum atomic E-state index is -0.397. The van der Waals surface area contributed by atoms with Crippen LogP contribution in [-0.4, -0.2) is 43.7 Å². The molecule has 0 aliphatic carbocycles. The molecule has 0 radical (unpaired) electrons. The third-order valence-corrected chi connectivity index (χ3v) is 4.27. The fourth-order valence-electron chi connectivity index (χ4n) is 2.78. The molecule has 5 nitrogen and oxygen atoms in total. The number of benzene rings is 2. The Balaban J connectivity index is 1.56. The summed E-state index contributed by atoms with van der Waals surface area (Å²) < 4.78 is 11.4. The lowest BCUT2D eigenvalue weighted by Crippen LogP contribution is -2.48. The smallest absolute Gasteiger partial charge is 0.250 e. The van der Waals surface area contributed by atoms with Crippen molar-refractivity contribution >= 4 is 5.91 Å². The van der Waals surface area contributed by atoms with Gasteiger partial charge >= 0.3 is 0 Å². The van der Waals surface area contributed by atoms with Crippen molar-refractivity contribution in [3.05, 3.63) is 65.7 Å². The van der Waals surface area contributed by atoms with Gasteiger partial charge in [0.05, 0.1) is 6.61 Å². The molecule has 1 N–H and O–H groups in total. The van der Waals surface area contributed by atoms with E-state index in [0.29, 0.717) is 26.3 Å². The van der Waals surface area contributed by atoms with Crippen LogP contribution in [0.2, 0.25) is 0 Å². The molecule has 1 aliphatic rings. The second-order valence-corrected chi connectivity index (χ2v) is 6.21. The van der Waals surface area contributed by atoms with Crippen molar-refractivity contribution in [1.82, 2.24) is 10.2 Å². The standard InChI is InChI=1S/C20H24N2O3/c1-22-11-12-24-19(14-22)20(23)21-13-16-7-5-6-8-17(16)15-25-18-9-3-2-4-10-18/h2-10,19H,11-15H2,1H3,(H,21,23)/t19-/m1/s1. The zero-order chi connectivity index (χ0) is 17.5. The van der Waals surface area contributed by atoms with E-state index in [1.165, 1.54) is 0 Å². The Hall–Kier alpha value is -2.37. The number of rotatable bonds is 6. The van der Waals surface area contributed by atoms with Gasteiger partial charge < -0.3 is 19.7 Å². The van der Waals surface area contributed by atoms with Crippen LogP contribution in [0.15, 0.2) is 54.6 Å². The first kappa shape index (κ1) is 17.5. The number of nitrogens with zero attached hydrogens (tertiary/aromatic N) is 1. The summed E-state index contributed by atoms with van der Waals surface area (Å²) in [7, 11) is 2.00. The highest BCUT2D eigenvalue weighted by molar-refractivity contribution is 5.81. The van der Waals surface area contributed by atoms with E-state index in [1.54, 1.807) is 0 Å². The summed E-state index contributed by atoms with van der Waals surface area (Å²) in [6, 6.07) is 17.7. The molecule has 25 heavy (non-hydrogen) atoms. The number of carbonyl (C=O) groups is 1. The highest BCUT2D eigenvalue weighted by Gasteiger charge is 2.24. The maximum atomic E-state index is 12.3. The van der Waals surface area contributed by atoms with Gasteiger partial charge in [-0.1, -0.05) is 42.5 Å². The van der Waals surface area contributed by atoms with E-state index >= 15 is 0 Å². The summed E-state index contributed by atoms with van der Waals surface area (Å²) in [5, 5.41) is 2.98. The number of carbonyl (C=O) groups excluding carboxylic acids is 1. The molecule has 0 unspecified atom stereocenters. The molecule has 0 aromatic heterocycles. The summed E-state index contributed by atoms with van der Waals surface area (Å²) in [5.74, 6) is 0.769. The van der Waals surface area contributed by atoms with E-state index < -0.39 is 6.10 Å². The Labute approximate surface area is 148 Å². The lowest BCUT2D eigenvalue weighted by atomic mass is 10.1. The number of hydrogen-bond donors (Lipinski definition) is 1. The van der Waals surface area contributed by atoms with Gasteiger partial charge in [-0.2, -0.15) is 0 Å². The zero-order valence-corrected chi connectivity index (χ0v) is 14.5. The van der Waals surface area contributed by atoms with Crippen LogP contribution in [-0.2, 0) is 22.7 Å². The van der Waals surface area contributed by atoms with Gasteiger partial charge in [-0.3, -0.25) is 4.79 Å². The van der Waals surface area contributed by atoms with Crippen LogP contribution in [0.1, 0.15) is 11.1 Å². The Morgan fingerprint density at radius 1 is 1.16 bits per heavy atom. The largest absolute Gasteiger partial charge is 0.489 e. The van der Waals surface area contributed by atoms with Crippen LogP contribution in [0.5, 0.6) is 5.75 Å². The maximum absolute atomic E-state index is 12.3. The highest BCUT2D eigenvalue weighted by Crippen LogP contribution is 2.15. The van der Waals surface area contributed by atoms with E-state index in [4.69, 9.17) is 9.47 Å². The van der Waals surface area contributed by atoms with Gasteiger partial charge in [0.15, 0.2) is 0 Å². The van der Waals surface area contributed by atoms with Crippen molar-refractivity contribution in [2.24, 2.45) is 0 Å². The van der Waals surface area contributed by atoms with Gasteiger partial charge in [-0.15, -0.1) is 0 Å². The van der Waals surface area contributed by atoms with E-state index in [0.717, 1.165) is 23.4 Å². The number of ether oxygens (including phenoxy) is 2. The van der Waals surface area contributed by atoms with Crippen molar-refractivity contribution in [2.75, 3.05) is 26.7 Å². The highest BCUT2D eigenvalue weighted by atomic mass is 16.5. The fraction of sp³-hybridized carbons (Fsp3) is 0.350. The minimum Gasteiger partial charge on any atom is -0.489 e. The average molecular weight is 340 g/mol. The van der Waals surface area contributed by atoms with Crippen LogP contribution in [0.3, 0.4) is 0 Å².